The first-order valence-electron chi connectivity index (χ1n) is 6.55. The van der Waals surface area contributed by atoms with Crippen molar-refractivity contribution < 1.29 is 4.79 Å². The van der Waals surface area contributed by atoms with Crippen LogP contribution < -0.4 is 5.32 Å². The van der Waals surface area contributed by atoms with Crippen LogP contribution in [0.3, 0.4) is 0 Å². The van der Waals surface area contributed by atoms with E-state index in [1.54, 1.807) is 17.3 Å². The van der Waals surface area contributed by atoms with Gasteiger partial charge in [0.05, 0.1) is 6.04 Å². The summed E-state index contributed by atoms with van der Waals surface area (Å²) >= 11 is 0. The average molecular weight is 262 g/mol. The number of carbonyl (C=O) groups is 1. The molecule has 1 aromatic heterocycles. The number of pyridine rings is 1. The lowest BCUT2D eigenvalue weighted by Crippen LogP contribution is -2.48. The van der Waals surface area contributed by atoms with Gasteiger partial charge in [-0.05, 0) is 38.6 Å². The predicted octanol–water partition coefficient (Wildman–Crippen LogP) is 1.49. The molecule has 0 aliphatic carbocycles. The van der Waals surface area contributed by atoms with E-state index in [-0.39, 0.29) is 17.6 Å². The molecule has 5 nitrogen and oxygen atoms in total. The fourth-order valence-electron chi connectivity index (χ4n) is 2.37. The molecule has 0 radical (unpaired) electrons. The topological polar surface area (TPSA) is 48.5 Å². The van der Waals surface area contributed by atoms with Crippen LogP contribution in [0.2, 0.25) is 0 Å². The molecule has 2 amide bonds. The van der Waals surface area contributed by atoms with Crippen molar-refractivity contribution in [3.63, 3.8) is 0 Å². The number of urea groups is 1. The van der Waals surface area contributed by atoms with Gasteiger partial charge in [0.2, 0.25) is 0 Å². The molecule has 5 heteroatoms. The van der Waals surface area contributed by atoms with Crippen LogP contribution in [0.25, 0.3) is 0 Å². The normalized spacial score (nSPS) is 20.2. The predicted molar refractivity (Wildman–Crippen MR) is 74.8 cm³/mol. The van der Waals surface area contributed by atoms with Gasteiger partial charge in [-0.15, -0.1) is 0 Å². The van der Waals surface area contributed by atoms with Gasteiger partial charge in [-0.1, -0.05) is 0 Å². The molecule has 1 saturated heterocycles. The molecule has 0 spiro atoms. The number of nitrogens with one attached hydrogen (secondary N) is 1. The Bertz CT molecular complexity index is 446. The van der Waals surface area contributed by atoms with Crippen LogP contribution in [0, 0.1) is 0 Å². The summed E-state index contributed by atoms with van der Waals surface area (Å²) in [6.07, 6.45) is 3.54. The molecule has 1 aliphatic rings. The molecule has 1 atom stereocenters. The van der Waals surface area contributed by atoms with Gasteiger partial charge < -0.3 is 15.1 Å². The number of hydrogen-bond donors (Lipinski definition) is 1. The Labute approximate surface area is 114 Å². The summed E-state index contributed by atoms with van der Waals surface area (Å²) in [4.78, 5) is 20.0. The maximum atomic E-state index is 12.3. The first-order chi connectivity index (χ1) is 8.94. The van der Waals surface area contributed by atoms with Crippen LogP contribution in [0.15, 0.2) is 24.5 Å². The van der Waals surface area contributed by atoms with E-state index in [1.165, 1.54) is 0 Å². The molecule has 0 saturated carbocycles. The number of rotatable bonds is 4. The number of hydrogen-bond acceptors (Lipinski definition) is 3. The highest BCUT2D eigenvalue weighted by Crippen LogP contribution is 2.28. The lowest BCUT2D eigenvalue weighted by atomic mass is 10.0. The van der Waals surface area contributed by atoms with Crippen LogP contribution >= 0.6 is 0 Å². The van der Waals surface area contributed by atoms with Gasteiger partial charge in [0.1, 0.15) is 0 Å². The van der Waals surface area contributed by atoms with Gasteiger partial charge in [-0.25, -0.2) is 4.79 Å². The summed E-state index contributed by atoms with van der Waals surface area (Å²) in [6, 6.07) is 4.15. The SMILES string of the molecule is CNC(C)(C)CN1CC(c2ccncc2)N(C)C1=O. The number of aromatic nitrogens is 1. The minimum atomic E-state index is -0.0797. The molecule has 1 aliphatic heterocycles. The standard InChI is InChI=1S/C14H22N4O/c1-14(2,15-3)10-18-9-12(17(4)13(18)19)11-5-7-16-8-6-11/h5-8,12,15H,9-10H2,1-4H3. The largest absolute Gasteiger partial charge is 0.320 e. The zero-order chi connectivity index (χ0) is 14.0. The van der Waals surface area contributed by atoms with Crippen molar-refractivity contribution in [2.75, 3.05) is 27.2 Å². The lowest BCUT2D eigenvalue weighted by molar-refractivity contribution is 0.184. The number of likely N-dealkylation sites (N-methyl/N-ethyl adjacent to an activating group) is 2. The van der Waals surface area contributed by atoms with E-state index >= 15 is 0 Å². The second-order valence-electron chi connectivity index (χ2n) is 5.70. The van der Waals surface area contributed by atoms with Crippen molar-refractivity contribution in [1.82, 2.24) is 20.1 Å². The summed E-state index contributed by atoms with van der Waals surface area (Å²) in [5.74, 6) is 0. The minimum Gasteiger partial charge on any atom is -0.320 e. The Morgan fingerprint density at radius 3 is 2.63 bits per heavy atom. The van der Waals surface area contributed by atoms with E-state index in [9.17, 15) is 4.79 Å². The zero-order valence-electron chi connectivity index (χ0n) is 12.1. The second-order valence-corrected chi connectivity index (χ2v) is 5.70. The van der Waals surface area contributed by atoms with Gasteiger partial charge in [0.25, 0.3) is 0 Å². The van der Waals surface area contributed by atoms with Gasteiger partial charge >= 0.3 is 6.03 Å². The molecular weight excluding hydrogens is 240 g/mol. The summed E-state index contributed by atoms with van der Waals surface area (Å²) < 4.78 is 0. The van der Waals surface area contributed by atoms with E-state index in [0.29, 0.717) is 6.54 Å². The van der Waals surface area contributed by atoms with Crippen LogP contribution in [0.1, 0.15) is 25.5 Å². The van der Waals surface area contributed by atoms with Crippen molar-refractivity contribution >= 4 is 6.03 Å². The third-order valence-corrected chi connectivity index (χ3v) is 3.79. The molecule has 2 heterocycles. The van der Waals surface area contributed by atoms with E-state index in [1.807, 2.05) is 31.1 Å². The van der Waals surface area contributed by atoms with Gasteiger partial charge in [-0.2, -0.15) is 0 Å². The summed E-state index contributed by atoms with van der Waals surface area (Å²) in [5, 5.41) is 3.24. The summed E-state index contributed by atoms with van der Waals surface area (Å²) in [5.41, 5.74) is 1.06. The highest BCUT2D eigenvalue weighted by molar-refractivity contribution is 5.77. The highest BCUT2D eigenvalue weighted by atomic mass is 16.2. The van der Waals surface area contributed by atoms with E-state index < -0.39 is 0 Å². The Morgan fingerprint density at radius 1 is 1.42 bits per heavy atom. The van der Waals surface area contributed by atoms with Crippen molar-refractivity contribution in [3.8, 4) is 0 Å². The van der Waals surface area contributed by atoms with Crippen LogP contribution in [0.4, 0.5) is 4.79 Å². The first kappa shape index (κ1) is 13.8. The molecule has 1 fully saturated rings. The quantitative estimate of drug-likeness (QED) is 0.894. The summed E-state index contributed by atoms with van der Waals surface area (Å²) in [7, 11) is 3.78. The van der Waals surface area contributed by atoms with Crippen molar-refractivity contribution in [3.05, 3.63) is 30.1 Å². The molecular formula is C14H22N4O. The number of carbonyl (C=O) groups excluding carboxylic acids is 1. The Kier molecular flexibility index (Phi) is 3.75. The second kappa shape index (κ2) is 5.17. The smallest absolute Gasteiger partial charge is 0.320 e. The van der Waals surface area contributed by atoms with Gasteiger partial charge in [0, 0.05) is 38.1 Å². The molecule has 1 aromatic rings. The summed E-state index contributed by atoms with van der Waals surface area (Å²) in [6.45, 7) is 5.62. The zero-order valence-corrected chi connectivity index (χ0v) is 12.1. The Hall–Kier alpha value is -1.62. The number of amides is 2. The fraction of sp³-hybridized carbons (Fsp3) is 0.571. The molecule has 1 unspecified atom stereocenters. The van der Waals surface area contributed by atoms with Crippen LogP contribution in [-0.2, 0) is 0 Å². The van der Waals surface area contributed by atoms with Crippen LogP contribution in [-0.4, -0.2) is 53.5 Å². The van der Waals surface area contributed by atoms with Crippen LogP contribution in [0.5, 0.6) is 0 Å². The van der Waals surface area contributed by atoms with Gasteiger partial charge in [-0.3, -0.25) is 4.98 Å². The molecule has 1 N–H and O–H groups in total. The van der Waals surface area contributed by atoms with Crippen molar-refractivity contribution in [1.29, 1.82) is 0 Å². The fourth-order valence-corrected chi connectivity index (χ4v) is 2.37. The highest BCUT2D eigenvalue weighted by Gasteiger charge is 2.37. The molecule has 19 heavy (non-hydrogen) atoms. The van der Waals surface area contributed by atoms with Crippen molar-refractivity contribution in [2.24, 2.45) is 0 Å². The first-order valence-corrected chi connectivity index (χ1v) is 6.55. The third kappa shape index (κ3) is 2.87. The third-order valence-electron chi connectivity index (χ3n) is 3.79. The lowest BCUT2D eigenvalue weighted by Gasteiger charge is -2.29. The molecule has 2 rings (SSSR count). The van der Waals surface area contributed by atoms with E-state index in [4.69, 9.17) is 0 Å². The molecule has 0 bridgehead atoms. The van der Waals surface area contributed by atoms with E-state index in [0.717, 1.165) is 12.1 Å². The van der Waals surface area contributed by atoms with Crippen molar-refractivity contribution in [2.45, 2.75) is 25.4 Å². The Morgan fingerprint density at radius 2 is 2.05 bits per heavy atom. The molecule has 0 aromatic carbocycles. The maximum Gasteiger partial charge on any atom is 0.320 e. The molecule has 104 valence electrons. The maximum absolute atomic E-state index is 12.3. The minimum absolute atomic E-state index is 0.0797. The monoisotopic (exact) mass is 262 g/mol. The number of nitrogens with zero attached hydrogens (tertiary/aromatic N) is 3. The van der Waals surface area contributed by atoms with Gasteiger partial charge in [0.15, 0.2) is 0 Å². The Balaban J connectivity index is 2.13. The van der Waals surface area contributed by atoms with E-state index in [2.05, 4.69) is 24.1 Å². The average Bonchev–Trinajstić information content (AvgIpc) is 2.68.